The van der Waals surface area contributed by atoms with Crippen LogP contribution in [0, 0.1) is 0 Å². The Morgan fingerprint density at radius 3 is 2.62 bits per heavy atom. The summed E-state index contributed by atoms with van der Waals surface area (Å²) >= 11 is 8.24. The van der Waals surface area contributed by atoms with Crippen LogP contribution in [0.5, 0.6) is 0 Å². The van der Waals surface area contributed by atoms with Gasteiger partial charge < -0.3 is 5.73 Å². The molecule has 0 spiro atoms. The van der Waals surface area contributed by atoms with Crippen LogP contribution in [-0.2, 0) is 6.54 Å². The molecule has 0 radical (unpaired) electrons. The average molecular weight is 321 g/mol. The van der Waals surface area contributed by atoms with Crippen molar-refractivity contribution < 1.29 is 0 Å². The minimum atomic E-state index is 0.0467. The first-order chi connectivity index (χ1) is 10.2. The van der Waals surface area contributed by atoms with Gasteiger partial charge in [-0.25, -0.2) is 0 Å². The van der Waals surface area contributed by atoms with E-state index < -0.39 is 0 Å². The third-order valence-electron chi connectivity index (χ3n) is 4.01. The van der Waals surface area contributed by atoms with Crippen molar-refractivity contribution in [2.24, 2.45) is 5.73 Å². The first kappa shape index (κ1) is 15.0. The van der Waals surface area contributed by atoms with E-state index in [4.69, 9.17) is 17.3 Å². The highest BCUT2D eigenvalue weighted by molar-refractivity contribution is 7.09. The number of hydrogen-bond acceptors (Lipinski definition) is 3. The van der Waals surface area contributed by atoms with Crippen LogP contribution < -0.4 is 5.73 Å². The average Bonchev–Trinajstić information content (AvgIpc) is 3.17. The van der Waals surface area contributed by atoms with Gasteiger partial charge in [-0.05, 0) is 42.8 Å². The lowest BCUT2D eigenvalue weighted by molar-refractivity contribution is 0.159. The molecule has 1 aromatic heterocycles. The minimum absolute atomic E-state index is 0.0467. The molecule has 2 atom stereocenters. The van der Waals surface area contributed by atoms with Crippen molar-refractivity contribution in [3.05, 3.63) is 57.2 Å². The Morgan fingerprint density at radius 1 is 1.29 bits per heavy atom. The maximum absolute atomic E-state index is 6.43. The Balaban J connectivity index is 1.92. The van der Waals surface area contributed by atoms with E-state index in [9.17, 15) is 0 Å². The topological polar surface area (TPSA) is 29.3 Å². The van der Waals surface area contributed by atoms with Crippen LogP contribution in [0.3, 0.4) is 0 Å². The molecule has 4 heteroatoms. The molecule has 21 heavy (non-hydrogen) atoms. The van der Waals surface area contributed by atoms with Gasteiger partial charge in [0.15, 0.2) is 0 Å². The second-order valence-electron chi connectivity index (χ2n) is 5.81. The summed E-state index contributed by atoms with van der Waals surface area (Å²) < 4.78 is 0. The maximum atomic E-state index is 6.43. The molecule has 0 saturated heterocycles. The highest BCUT2D eigenvalue weighted by atomic mass is 35.5. The number of hydrogen-bond donors (Lipinski definition) is 1. The van der Waals surface area contributed by atoms with Crippen LogP contribution in [0.2, 0.25) is 5.02 Å². The van der Waals surface area contributed by atoms with Crippen molar-refractivity contribution in [3.63, 3.8) is 0 Å². The monoisotopic (exact) mass is 320 g/mol. The quantitative estimate of drug-likeness (QED) is 0.851. The predicted octanol–water partition coefficient (Wildman–Crippen LogP) is 4.45. The Labute approximate surface area is 135 Å². The van der Waals surface area contributed by atoms with Crippen molar-refractivity contribution in [3.8, 4) is 0 Å². The van der Waals surface area contributed by atoms with Gasteiger partial charge in [0.05, 0.1) is 6.04 Å². The normalized spacial score (nSPS) is 17.9. The summed E-state index contributed by atoms with van der Waals surface area (Å²) in [6.07, 6.45) is 2.53. The molecular formula is C17H21ClN2S. The Bertz CT molecular complexity index is 578. The summed E-state index contributed by atoms with van der Waals surface area (Å²) in [7, 11) is 0. The number of nitrogens with zero attached hydrogens (tertiary/aromatic N) is 1. The van der Waals surface area contributed by atoms with Crippen LogP contribution in [0.4, 0.5) is 0 Å². The molecule has 0 bridgehead atoms. The SMILES string of the molecule is CC(N)C(c1ccccc1Cl)N(Cc1cccs1)C1CC1. The van der Waals surface area contributed by atoms with Crippen LogP contribution in [0.25, 0.3) is 0 Å². The molecule has 3 rings (SSSR count). The molecule has 112 valence electrons. The Hall–Kier alpha value is -0.870. The van der Waals surface area contributed by atoms with Crippen molar-refractivity contribution in [2.45, 2.75) is 44.4 Å². The van der Waals surface area contributed by atoms with Crippen molar-refractivity contribution in [1.29, 1.82) is 0 Å². The summed E-state index contributed by atoms with van der Waals surface area (Å²) in [4.78, 5) is 3.93. The molecule has 0 amide bonds. The van der Waals surface area contributed by atoms with Gasteiger partial charge in [0.2, 0.25) is 0 Å². The Kier molecular flexibility index (Phi) is 4.65. The first-order valence-corrected chi connectivity index (χ1v) is 8.70. The molecule has 1 aliphatic carbocycles. The van der Waals surface area contributed by atoms with Crippen molar-refractivity contribution in [2.75, 3.05) is 0 Å². The Morgan fingerprint density at radius 2 is 2.05 bits per heavy atom. The third kappa shape index (κ3) is 3.49. The van der Waals surface area contributed by atoms with E-state index in [0.29, 0.717) is 6.04 Å². The lowest BCUT2D eigenvalue weighted by Gasteiger charge is -2.35. The molecule has 2 N–H and O–H groups in total. The van der Waals surface area contributed by atoms with E-state index in [1.807, 2.05) is 29.5 Å². The van der Waals surface area contributed by atoms with Gasteiger partial charge in [0.25, 0.3) is 0 Å². The van der Waals surface area contributed by atoms with Gasteiger partial charge in [-0.3, -0.25) is 4.90 Å². The molecule has 1 aromatic carbocycles. The predicted molar refractivity (Wildman–Crippen MR) is 90.7 cm³/mol. The van der Waals surface area contributed by atoms with Gasteiger partial charge in [0.1, 0.15) is 0 Å². The second-order valence-corrected chi connectivity index (χ2v) is 7.25. The zero-order valence-electron chi connectivity index (χ0n) is 12.2. The van der Waals surface area contributed by atoms with Gasteiger partial charge in [0, 0.05) is 28.5 Å². The summed E-state index contributed by atoms with van der Waals surface area (Å²) in [5, 5.41) is 2.95. The highest BCUT2D eigenvalue weighted by Gasteiger charge is 2.37. The van der Waals surface area contributed by atoms with Crippen molar-refractivity contribution in [1.82, 2.24) is 4.90 Å². The molecule has 2 nitrogen and oxygen atoms in total. The van der Waals surface area contributed by atoms with Gasteiger partial charge in [-0.2, -0.15) is 0 Å². The number of nitrogens with two attached hydrogens (primary N) is 1. The van der Waals surface area contributed by atoms with Gasteiger partial charge in [-0.15, -0.1) is 11.3 Å². The molecule has 1 aliphatic rings. The minimum Gasteiger partial charge on any atom is -0.326 e. The van der Waals surface area contributed by atoms with Gasteiger partial charge >= 0.3 is 0 Å². The molecular weight excluding hydrogens is 300 g/mol. The van der Waals surface area contributed by atoms with Crippen LogP contribution in [0.15, 0.2) is 41.8 Å². The first-order valence-electron chi connectivity index (χ1n) is 7.45. The van der Waals surface area contributed by atoms with E-state index in [1.165, 1.54) is 17.7 Å². The van der Waals surface area contributed by atoms with E-state index in [-0.39, 0.29) is 12.1 Å². The fourth-order valence-electron chi connectivity index (χ4n) is 2.92. The van der Waals surface area contributed by atoms with E-state index in [0.717, 1.165) is 17.1 Å². The lowest BCUT2D eigenvalue weighted by Crippen LogP contribution is -2.40. The van der Waals surface area contributed by atoms with Gasteiger partial charge in [-0.1, -0.05) is 35.9 Å². The molecule has 1 heterocycles. The largest absolute Gasteiger partial charge is 0.326 e. The summed E-state index contributed by atoms with van der Waals surface area (Å²) in [6, 6.07) is 13.3. The number of benzene rings is 1. The van der Waals surface area contributed by atoms with E-state index >= 15 is 0 Å². The third-order valence-corrected chi connectivity index (χ3v) is 5.22. The maximum Gasteiger partial charge on any atom is 0.0517 e. The molecule has 1 fully saturated rings. The highest BCUT2D eigenvalue weighted by Crippen LogP contribution is 2.39. The van der Waals surface area contributed by atoms with Crippen LogP contribution in [0.1, 0.15) is 36.2 Å². The standard InChI is InChI=1S/C17H21ClN2S/c1-12(19)17(15-6-2-3-7-16(15)18)20(13-8-9-13)11-14-5-4-10-21-14/h2-7,10,12-13,17H,8-9,11,19H2,1H3. The smallest absolute Gasteiger partial charge is 0.0517 e. The fraction of sp³-hybridized carbons (Fsp3) is 0.412. The molecule has 2 unspecified atom stereocenters. The number of rotatable bonds is 6. The summed E-state index contributed by atoms with van der Waals surface area (Å²) in [5.41, 5.74) is 7.49. The number of thiophene rings is 1. The van der Waals surface area contributed by atoms with E-state index in [1.54, 1.807) is 0 Å². The summed E-state index contributed by atoms with van der Waals surface area (Å²) in [5.74, 6) is 0. The molecule has 0 aliphatic heterocycles. The lowest BCUT2D eigenvalue weighted by atomic mass is 9.98. The van der Waals surface area contributed by atoms with E-state index in [2.05, 4.69) is 35.4 Å². The summed E-state index contributed by atoms with van der Waals surface area (Å²) in [6.45, 7) is 3.04. The molecule has 1 saturated carbocycles. The fourth-order valence-corrected chi connectivity index (χ4v) is 3.88. The van der Waals surface area contributed by atoms with Crippen LogP contribution in [-0.4, -0.2) is 17.0 Å². The number of halogens is 1. The zero-order valence-corrected chi connectivity index (χ0v) is 13.8. The molecule has 2 aromatic rings. The van der Waals surface area contributed by atoms with Crippen LogP contribution >= 0.6 is 22.9 Å². The van der Waals surface area contributed by atoms with Crippen molar-refractivity contribution >= 4 is 22.9 Å². The zero-order chi connectivity index (χ0) is 14.8. The second kappa shape index (κ2) is 6.49.